The molecule has 5 nitrogen and oxygen atoms in total. The van der Waals surface area contributed by atoms with E-state index < -0.39 is 5.91 Å². The van der Waals surface area contributed by atoms with Gasteiger partial charge in [-0.2, -0.15) is 5.10 Å². The van der Waals surface area contributed by atoms with Crippen molar-refractivity contribution in [1.29, 1.82) is 0 Å². The molecule has 6 heteroatoms. The molecule has 1 aromatic carbocycles. The van der Waals surface area contributed by atoms with Crippen molar-refractivity contribution in [3.05, 3.63) is 40.1 Å². The minimum Gasteiger partial charge on any atom is -0.398 e. The first-order valence-electron chi connectivity index (χ1n) is 4.90. The van der Waals surface area contributed by atoms with Gasteiger partial charge in [-0.05, 0) is 46.6 Å². The zero-order valence-corrected chi connectivity index (χ0v) is 10.7. The maximum atomic E-state index is 11.0. The molecule has 0 atom stereocenters. The van der Waals surface area contributed by atoms with Crippen molar-refractivity contribution in [2.45, 2.75) is 6.92 Å². The van der Waals surface area contributed by atoms with Gasteiger partial charge in [-0.3, -0.25) is 4.79 Å². The second kappa shape index (κ2) is 4.21. The second-order valence-electron chi connectivity index (χ2n) is 3.67. The summed E-state index contributed by atoms with van der Waals surface area (Å²) in [6, 6.07) is 5.26. The third-order valence-electron chi connectivity index (χ3n) is 2.42. The molecule has 4 N–H and O–H groups in total. The van der Waals surface area contributed by atoms with Gasteiger partial charge in [0.15, 0.2) is 0 Å². The number of nitrogens with two attached hydrogens (primary N) is 2. The predicted octanol–water partition coefficient (Wildman–Crippen LogP) is 1.62. The molecule has 2 rings (SSSR count). The number of nitrogens with zero attached hydrogens (tertiary/aromatic N) is 2. The van der Waals surface area contributed by atoms with Crippen LogP contribution in [0.1, 0.15) is 16.1 Å². The molecular weight excluding hydrogens is 284 g/mol. The number of primary amides is 1. The number of carbonyl (C=O) groups is 1. The molecule has 1 amide bonds. The molecule has 0 aliphatic rings. The summed E-state index contributed by atoms with van der Waals surface area (Å²) in [6.45, 7) is 1.91. The summed E-state index contributed by atoms with van der Waals surface area (Å²) in [6.07, 6.45) is 1.68. The molecular formula is C11H11BrN4O. The van der Waals surface area contributed by atoms with Gasteiger partial charge in [0.2, 0.25) is 0 Å². The quantitative estimate of drug-likeness (QED) is 0.825. The Bertz CT molecular complexity index is 591. The van der Waals surface area contributed by atoms with Gasteiger partial charge < -0.3 is 11.5 Å². The first-order chi connectivity index (χ1) is 7.99. The van der Waals surface area contributed by atoms with Crippen molar-refractivity contribution in [1.82, 2.24) is 9.78 Å². The topological polar surface area (TPSA) is 86.9 Å². The molecule has 0 fully saturated rings. The third-order valence-corrected chi connectivity index (χ3v) is 3.06. The Kier molecular flexibility index (Phi) is 2.89. The lowest BCUT2D eigenvalue weighted by Gasteiger charge is -2.08. The Morgan fingerprint density at radius 3 is 2.76 bits per heavy atom. The van der Waals surface area contributed by atoms with Crippen LogP contribution in [0.25, 0.3) is 5.69 Å². The van der Waals surface area contributed by atoms with E-state index in [2.05, 4.69) is 21.0 Å². The fraction of sp³-hybridized carbons (Fsp3) is 0.0909. The zero-order chi connectivity index (χ0) is 12.6. The number of benzene rings is 1. The predicted molar refractivity (Wildman–Crippen MR) is 68.9 cm³/mol. The van der Waals surface area contributed by atoms with E-state index in [-0.39, 0.29) is 5.69 Å². The number of halogens is 1. The maximum Gasteiger partial charge on any atom is 0.269 e. The molecule has 0 aliphatic heterocycles. The molecule has 1 aromatic heterocycles. The highest BCUT2D eigenvalue weighted by molar-refractivity contribution is 9.10. The SMILES string of the molecule is Cc1cc(-n2ccc(C(N)=O)n2)c(Br)cc1N. The zero-order valence-electron chi connectivity index (χ0n) is 9.14. The monoisotopic (exact) mass is 294 g/mol. The summed E-state index contributed by atoms with van der Waals surface area (Å²) < 4.78 is 2.39. The molecule has 0 spiro atoms. The van der Waals surface area contributed by atoms with Crippen LogP contribution < -0.4 is 11.5 Å². The number of rotatable bonds is 2. The van der Waals surface area contributed by atoms with Crippen LogP contribution in [0.15, 0.2) is 28.9 Å². The second-order valence-corrected chi connectivity index (χ2v) is 4.52. The van der Waals surface area contributed by atoms with Crippen LogP contribution in [0, 0.1) is 6.92 Å². The van der Waals surface area contributed by atoms with Gasteiger partial charge in [-0.1, -0.05) is 0 Å². The van der Waals surface area contributed by atoms with Crippen molar-refractivity contribution in [2.75, 3.05) is 5.73 Å². The Morgan fingerprint density at radius 2 is 2.18 bits per heavy atom. The van der Waals surface area contributed by atoms with Crippen molar-refractivity contribution >= 4 is 27.5 Å². The number of anilines is 1. The van der Waals surface area contributed by atoms with Crippen LogP contribution in [0.5, 0.6) is 0 Å². The number of hydrogen-bond donors (Lipinski definition) is 2. The van der Waals surface area contributed by atoms with E-state index in [9.17, 15) is 4.79 Å². The van der Waals surface area contributed by atoms with Gasteiger partial charge in [-0.15, -0.1) is 0 Å². The smallest absolute Gasteiger partial charge is 0.269 e. The Labute approximate surface area is 107 Å². The summed E-state index contributed by atoms with van der Waals surface area (Å²) in [5, 5.41) is 4.08. The van der Waals surface area contributed by atoms with Crippen molar-refractivity contribution in [3.63, 3.8) is 0 Å². The number of nitrogen functional groups attached to an aromatic ring is 1. The Balaban J connectivity index is 2.52. The minimum atomic E-state index is -0.549. The van der Waals surface area contributed by atoms with Crippen LogP contribution in [-0.2, 0) is 0 Å². The van der Waals surface area contributed by atoms with E-state index in [1.807, 2.05) is 13.0 Å². The molecule has 2 aromatic rings. The van der Waals surface area contributed by atoms with Crippen molar-refractivity contribution < 1.29 is 4.79 Å². The maximum absolute atomic E-state index is 11.0. The molecule has 0 radical (unpaired) electrons. The largest absolute Gasteiger partial charge is 0.398 e. The Hall–Kier alpha value is -1.82. The van der Waals surface area contributed by atoms with E-state index in [0.29, 0.717) is 5.69 Å². The van der Waals surface area contributed by atoms with E-state index in [0.717, 1.165) is 15.7 Å². The molecule has 0 bridgehead atoms. The van der Waals surface area contributed by atoms with Crippen LogP contribution >= 0.6 is 15.9 Å². The highest BCUT2D eigenvalue weighted by Gasteiger charge is 2.09. The van der Waals surface area contributed by atoms with Crippen LogP contribution in [0.4, 0.5) is 5.69 Å². The molecule has 0 saturated carbocycles. The average Bonchev–Trinajstić information content (AvgIpc) is 2.72. The Morgan fingerprint density at radius 1 is 1.47 bits per heavy atom. The van der Waals surface area contributed by atoms with Gasteiger partial charge in [0.05, 0.1) is 5.69 Å². The molecule has 1 heterocycles. The fourth-order valence-corrected chi connectivity index (χ4v) is 1.99. The lowest BCUT2D eigenvalue weighted by atomic mass is 10.2. The number of carbonyl (C=O) groups excluding carboxylic acids is 1. The van der Waals surface area contributed by atoms with Gasteiger partial charge >= 0.3 is 0 Å². The molecule has 0 unspecified atom stereocenters. The summed E-state index contributed by atoms with van der Waals surface area (Å²) >= 11 is 3.41. The summed E-state index contributed by atoms with van der Waals surface area (Å²) in [7, 11) is 0. The molecule has 0 saturated heterocycles. The molecule has 0 aliphatic carbocycles. The number of aromatic nitrogens is 2. The highest BCUT2D eigenvalue weighted by atomic mass is 79.9. The van der Waals surface area contributed by atoms with E-state index >= 15 is 0 Å². The lowest BCUT2D eigenvalue weighted by Crippen LogP contribution is -2.12. The molecule has 17 heavy (non-hydrogen) atoms. The average molecular weight is 295 g/mol. The van der Waals surface area contributed by atoms with E-state index in [1.54, 1.807) is 23.0 Å². The first-order valence-corrected chi connectivity index (χ1v) is 5.70. The highest BCUT2D eigenvalue weighted by Crippen LogP contribution is 2.26. The van der Waals surface area contributed by atoms with E-state index in [1.165, 1.54) is 0 Å². The number of aryl methyl sites for hydroxylation is 1. The lowest BCUT2D eigenvalue weighted by molar-refractivity contribution is 0.0995. The van der Waals surface area contributed by atoms with Crippen molar-refractivity contribution in [3.8, 4) is 5.69 Å². The minimum absolute atomic E-state index is 0.228. The summed E-state index contributed by atoms with van der Waals surface area (Å²) in [5.41, 5.74) is 13.6. The van der Waals surface area contributed by atoms with E-state index in [4.69, 9.17) is 11.5 Å². The van der Waals surface area contributed by atoms with Crippen LogP contribution in [0.3, 0.4) is 0 Å². The number of amides is 1. The summed E-state index contributed by atoms with van der Waals surface area (Å²) in [4.78, 5) is 11.0. The first kappa shape index (κ1) is 11.7. The summed E-state index contributed by atoms with van der Waals surface area (Å²) in [5.74, 6) is -0.549. The van der Waals surface area contributed by atoms with Gasteiger partial charge in [-0.25, -0.2) is 4.68 Å². The standard InChI is InChI=1S/C11H11BrN4O/c1-6-4-10(7(12)5-8(6)13)16-3-2-9(15-16)11(14)17/h2-5H,13H2,1H3,(H2,14,17). The fourth-order valence-electron chi connectivity index (χ4n) is 1.45. The molecule has 88 valence electrons. The van der Waals surface area contributed by atoms with Crippen LogP contribution in [0.2, 0.25) is 0 Å². The van der Waals surface area contributed by atoms with Crippen LogP contribution in [-0.4, -0.2) is 15.7 Å². The van der Waals surface area contributed by atoms with Crippen molar-refractivity contribution in [2.24, 2.45) is 5.73 Å². The van der Waals surface area contributed by atoms with Gasteiger partial charge in [0.1, 0.15) is 5.69 Å². The van der Waals surface area contributed by atoms with Gasteiger partial charge in [0, 0.05) is 16.4 Å². The third kappa shape index (κ3) is 2.16. The van der Waals surface area contributed by atoms with Gasteiger partial charge in [0.25, 0.3) is 5.91 Å². The normalized spacial score (nSPS) is 10.5. The number of hydrogen-bond acceptors (Lipinski definition) is 3.